The summed E-state index contributed by atoms with van der Waals surface area (Å²) in [5.41, 5.74) is 0.395. The highest BCUT2D eigenvalue weighted by molar-refractivity contribution is 6.21. The van der Waals surface area contributed by atoms with Crippen molar-refractivity contribution >= 4 is 23.6 Å². The van der Waals surface area contributed by atoms with Gasteiger partial charge in [0.25, 0.3) is 24.7 Å². The van der Waals surface area contributed by atoms with Crippen LogP contribution in [0.1, 0.15) is 33.6 Å². The molecule has 0 saturated carbocycles. The molecule has 26 heavy (non-hydrogen) atoms. The van der Waals surface area contributed by atoms with Crippen molar-refractivity contribution in [3.05, 3.63) is 35.4 Å². The SMILES string of the molecule is O=C1CCC(=O)N1CC(F)F.O=C1c2ccccc2C(=O)N1CC(F)F. The van der Waals surface area contributed by atoms with Gasteiger partial charge >= 0.3 is 0 Å². The van der Waals surface area contributed by atoms with Gasteiger partial charge < -0.3 is 0 Å². The van der Waals surface area contributed by atoms with E-state index in [1.54, 1.807) is 12.1 Å². The third-order valence-electron chi connectivity index (χ3n) is 3.67. The summed E-state index contributed by atoms with van der Waals surface area (Å²) in [6, 6.07) is 6.11. The minimum absolute atomic E-state index is 0.0750. The Morgan fingerprint density at radius 1 is 0.731 bits per heavy atom. The van der Waals surface area contributed by atoms with Crippen molar-refractivity contribution in [1.29, 1.82) is 0 Å². The van der Waals surface area contributed by atoms with Crippen LogP contribution in [0.3, 0.4) is 0 Å². The first-order chi connectivity index (χ1) is 12.2. The number of nitrogens with zero attached hydrogens (tertiary/aromatic N) is 2. The number of hydrogen-bond acceptors (Lipinski definition) is 4. The number of halogens is 4. The Bertz CT molecular complexity index is 688. The molecule has 2 aliphatic heterocycles. The highest BCUT2D eigenvalue weighted by Gasteiger charge is 2.36. The van der Waals surface area contributed by atoms with Crippen molar-refractivity contribution in [3.8, 4) is 0 Å². The monoisotopic (exact) mass is 374 g/mol. The zero-order chi connectivity index (χ0) is 19.4. The number of carbonyl (C=O) groups is 4. The van der Waals surface area contributed by atoms with Crippen molar-refractivity contribution in [2.45, 2.75) is 25.7 Å². The Morgan fingerprint density at radius 2 is 1.12 bits per heavy atom. The lowest BCUT2D eigenvalue weighted by atomic mass is 10.1. The molecule has 2 heterocycles. The van der Waals surface area contributed by atoms with Crippen LogP contribution in [0, 0.1) is 0 Å². The summed E-state index contributed by atoms with van der Waals surface area (Å²) >= 11 is 0. The molecule has 0 aromatic heterocycles. The van der Waals surface area contributed by atoms with Crippen molar-refractivity contribution in [3.63, 3.8) is 0 Å². The van der Waals surface area contributed by atoms with Gasteiger partial charge in [-0.05, 0) is 12.1 Å². The Morgan fingerprint density at radius 3 is 1.50 bits per heavy atom. The molecule has 0 radical (unpaired) electrons. The van der Waals surface area contributed by atoms with E-state index in [0.717, 1.165) is 0 Å². The van der Waals surface area contributed by atoms with Gasteiger partial charge in [-0.15, -0.1) is 0 Å². The van der Waals surface area contributed by atoms with Crippen LogP contribution in [0.5, 0.6) is 0 Å². The number of hydrogen-bond donors (Lipinski definition) is 0. The molecule has 2 aliphatic rings. The minimum Gasteiger partial charge on any atom is -0.277 e. The maximum Gasteiger partial charge on any atom is 0.261 e. The van der Waals surface area contributed by atoms with Gasteiger partial charge in [-0.3, -0.25) is 29.0 Å². The highest BCUT2D eigenvalue weighted by atomic mass is 19.3. The fraction of sp³-hybridized carbons (Fsp3) is 0.375. The lowest BCUT2D eigenvalue weighted by molar-refractivity contribution is -0.140. The van der Waals surface area contributed by atoms with Crippen molar-refractivity contribution in [2.24, 2.45) is 0 Å². The first kappa shape index (κ1) is 19.5. The average molecular weight is 374 g/mol. The van der Waals surface area contributed by atoms with E-state index in [1.165, 1.54) is 12.1 Å². The predicted molar refractivity (Wildman–Crippen MR) is 79.8 cm³/mol. The second kappa shape index (κ2) is 8.07. The molecule has 0 spiro atoms. The lowest BCUT2D eigenvalue weighted by Crippen LogP contribution is -2.34. The summed E-state index contributed by atoms with van der Waals surface area (Å²) in [6.07, 6.45) is -5.18. The molecule has 1 aromatic carbocycles. The van der Waals surface area contributed by atoms with Crippen LogP contribution in [0.25, 0.3) is 0 Å². The third-order valence-corrected chi connectivity index (χ3v) is 3.67. The van der Waals surface area contributed by atoms with Gasteiger partial charge in [-0.2, -0.15) is 0 Å². The Hall–Kier alpha value is -2.78. The van der Waals surface area contributed by atoms with E-state index < -0.39 is 49.6 Å². The fourth-order valence-corrected chi connectivity index (χ4v) is 2.51. The molecule has 0 atom stereocenters. The molecule has 10 heteroatoms. The van der Waals surface area contributed by atoms with E-state index in [-0.39, 0.29) is 24.0 Å². The zero-order valence-corrected chi connectivity index (χ0v) is 13.3. The smallest absolute Gasteiger partial charge is 0.261 e. The molecular formula is C16H14F4N2O4. The quantitative estimate of drug-likeness (QED) is 0.596. The molecule has 1 aromatic rings. The van der Waals surface area contributed by atoms with E-state index in [1.807, 2.05) is 0 Å². The number of amides is 4. The van der Waals surface area contributed by atoms with Crippen molar-refractivity contribution in [2.75, 3.05) is 13.1 Å². The van der Waals surface area contributed by atoms with Crippen molar-refractivity contribution < 1.29 is 36.7 Å². The van der Waals surface area contributed by atoms with Crippen LogP contribution < -0.4 is 0 Å². The Balaban J connectivity index is 0.000000197. The zero-order valence-electron chi connectivity index (χ0n) is 13.3. The number of alkyl halides is 4. The van der Waals surface area contributed by atoms with E-state index in [0.29, 0.717) is 9.80 Å². The third kappa shape index (κ3) is 4.24. The molecule has 4 amide bonds. The summed E-state index contributed by atoms with van der Waals surface area (Å²) in [7, 11) is 0. The second-order valence-electron chi connectivity index (χ2n) is 5.45. The first-order valence-electron chi connectivity index (χ1n) is 7.57. The Kier molecular flexibility index (Phi) is 6.06. The van der Waals surface area contributed by atoms with Crippen LogP contribution in [0.4, 0.5) is 17.6 Å². The number of benzene rings is 1. The van der Waals surface area contributed by atoms with E-state index in [9.17, 15) is 36.7 Å². The van der Waals surface area contributed by atoms with Crippen molar-refractivity contribution in [1.82, 2.24) is 9.80 Å². The minimum atomic E-state index is -2.70. The molecule has 0 aliphatic carbocycles. The average Bonchev–Trinajstić information content (AvgIpc) is 3.01. The summed E-state index contributed by atoms with van der Waals surface area (Å²) < 4.78 is 47.6. The topological polar surface area (TPSA) is 74.8 Å². The second-order valence-corrected chi connectivity index (χ2v) is 5.45. The van der Waals surface area contributed by atoms with Crippen LogP contribution >= 0.6 is 0 Å². The van der Waals surface area contributed by atoms with Gasteiger partial charge in [0.1, 0.15) is 0 Å². The van der Waals surface area contributed by atoms with Gasteiger partial charge in [0.05, 0.1) is 24.2 Å². The molecule has 140 valence electrons. The summed E-state index contributed by atoms with van der Waals surface area (Å²) in [6.45, 7) is -1.59. The lowest BCUT2D eigenvalue weighted by Gasteiger charge is -2.12. The predicted octanol–water partition coefficient (Wildman–Crippen LogP) is 1.95. The van der Waals surface area contributed by atoms with Gasteiger partial charge in [0, 0.05) is 12.8 Å². The standard InChI is InChI=1S/C10H7F2NO2.C6H7F2NO2/c11-8(12)5-13-9(14)6-3-1-2-4-7(6)10(13)15;7-4(8)3-9-5(10)1-2-6(9)11/h1-4,8H,5H2;4H,1-3H2. The summed E-state index contributed by atoms with van der Waals surface area (Å²) in [5, 5.41) is 0. The maximum absolute atomic E-state index is 12.1. The van der Waals surface area contributed by atoms with E-state index in [4.69, 9.17) is 0 Å². The normalized spacial score (nSPS) is 16.5. The number of rotatable bonds is 4. The molecule has 6 nitrogen and oxygen atoms in total. The summed E-state index contributed by atoms with van der Waals surface area (Å²) in [5.74, 6) is -2.27. The molecule has 0 unspecified atom stereocenters. The number of carbonyl (C=O) groups excluding carboxylic acids is 4. The Labute approximate surface area is 145 Å². The van der Waals surface area contributed by atoms with E-state index in [2.05, 4.69) is 0 Å². The summed E-state index contributed by atoms with van der Waals surface area (Å²) in [4.78, 5) is 45.6. The fourth-order valence-electron chi connectivity index (χ4n) is 2.51. The largest absolute Gasteiger partial charge is 0.277 e. The first-order valence-corrected chi connectivity index (χ1v) is 7.57. The van der Waals surface area contributed by atoms with Crippen LogP contribution in [-0.2, 0) is 9.59 Å². The van der Waals surface area contributed by atoms with Crippen LogP contribution in [0.2, 0.25) is 0 Å². The van der Waals surface area contributed by atoms with Gasteiger partial charge in [0.2, 0.25) is 11.8 Å². The number of imide groups is 2. The molecule has 1 fully saturated rings. The van der Waals surface area contributed by atoms with Gasteiger partial charge in [-0.1, -0.05) is 12.1 Å². The molecule has 0 bridgehead atoms. The molecule has 1 saturated heterocycles. The van der Waals surface area contributed by atoms with Crippen LogP contribution in [0.15, 0.2) is 24.3 Å². The molecule has 3 rings (SSSR count). The van der Waals surface area contributed by atoms with Crippen LogP contribution in [-0.4, -0.2) is 59.4 Å². The maximum atomic E-state index is 12.1. The molecule has 0 N–H and O–H groups in total. The van der Waals surface area contributed by atoms with Gasteiger partial charge in [-0.25, -0.2) is 17.6 Å². The number of likely N-dealkylation sites (tertiary alicyclic amines) is 1. The molecular weight excluding hydrogens is 360 g/mol. The number of fused-ring (bicyclic) bond motifs is 1. The van der Waals surface area contributed by atoms with E-state index >= 15 is 0 Å². The highest BCUT2D eigenvalue weighted by Crippen LogP contribution is 2.22. The van der Waals surface area contributed by atoms with Gasteiger partial charge in [0.15, 0.2) is 0 Å².